The van der Waals surface area contributed by atoms with Crippen LogP contribution in [0.3, 0.4) is 0 Å². The van der Waals surface area contributed by atoms with Crippen LogP contribution in [0.2, 0.25) is 5.15 Å². The van der Waals surface area contributed by atoms with Crippen LogP contribution in [0.1, 0.15) is 35.4 Å². The van der Waals surface area contributed by atoms with Gasteiger partial charge in [-0.2, -0.15) is 0 Å². The number of nitrogens with zero attached hydrogens (tertiary/aromatic N) is 3. The fourth-order valence-electron chi connectivity index (χ4n) is 4.40. The van der Waals surface area contributed by atoms with Crippen LogP contribution < -0.4 is 15.1 Å². The number of anilines is 2. The van der Waals surface area contributed by atoms with Crippen LogP contribution in [-0.2, 0) is 9.59 Å². The van der Waals surface area contributed by atoms with Crippen LogP contribution in [-0.4, -0.2) is 42.3 Å². The molecule has 0 spiro atoms. The zero-order valence-electron chi connectivity index (χ0n) is 17.9. The molecule has 7 nitrogen and oxygen atoms in total. The Morgan fingerprint density at radius 2 is 1.85 bits per heavy atom. The Labute approximate surface area is 200 Å². The molecule has 2 aliphatic rings. The smallest absolute Gasteiger partial charge is 0.261 e. The summed E-state index contributed by atoms with van der Waals surface area (Å²) in [6.07, 6.45) is 4.59. The van der Waals surface area contributed by atoms with E-state index in [1.54, 1.807) is 23.2 Å². The molecule has 2 aliphatic heterocycles. The van der Waals surface area contributed by atoms with E-state index in [2.05, 4.69) is 10.3 Å². The Morgan fingerprint density at radius 1 is 1.09 bits per heavy atom. The molecule has 9 heteroatoms. The number of fused-ring (bicyclic) bond motifs is 1. The van der Waals surface area contributed by atoms with Crippen molar-refractivity contribution in [2.45, 2.75) is 25.7 Å². The number of thiophene rings is 1. The number of aromatic nitrogens is 1. The molecule has 1 aromatic carbocycles. The van der Waals surface area contributed by atoms with Crippen LogP contribution in [0.5, 0.6) is 0 Å². The normalized spacial score (nSPS) is 18.9. The van der Waals surface area contributed by atoms with Gasteiger partial charge in [0.25, 0.3) is 5.91 Å². The van der Waals surface area contributed by atoms with Crippen LogP contribution in [0, 0.1) is 5.92 Å². The molecule has 2 fully saturated rings. The minimum Gasteiger partial charge on any atom is -0.351 e. The summed E-state index contributed by atoms with van der Waals surface area (Å²) in [7, 11) is 0. The van der Waals surface area contributed by atoms with E-state index in [4.69, 9.17) is 11.6 Å². The summed E-state index contributed by atoms with van der Waals surface area (Å²) in [5.41, 5.74) is 1.69. The Balaban J connectivity index is 1.19. The lowest BCUT2D eigenvalue weighted by Gasteiger charge is -2.27. The molecule has 2 saturated heterocycles. The lowest BCUT2D eigenvalue weighted by atomic mass is 10.1. The van der Waals surface area contributed by atoms with Crippen LogP contribution in [0.4, 0.5) is 11.4 Å². The lowest BCUT2D eigenvalue weighted by Crippen LogP contribution is -2.35. The van der Waals surface area contributed by atoms with Crippen molar-refractivity contribution in [3.05, 3.63) is 52.6 Å². The Morgan fingerprint density at radius 3 is 2.61 bits per heavy atom. The summed E-state index contributed by atoms with van der Waals surface area (Å²) >= 11 is 7.30. The van der Waals surface area contributed by atoms with Crippen molar-refractivity contribution >= 4 is 62.1 Å². The van der Waals surface area contributed by atoms with Gasteiger partial charge in [-0.3, -0.25) is 14.4 Å². The highest BCUT2D eigenvalue weighted by Crippen LogP contribution is 2.29. The molecule has 1 N–H and O–H groups in total. The van der Waals surface area contributed by atoms with Crippen molar-refractivity contribution in [1.82, 2.24) is 10.3 Å². The molecule has 5 rings (SSSR count). The fraction of sp³-hybridized carbons (Fsp3) is 0.333. The molecule has 1 atom stereocenters. The molecule has 3 amide bonds. The Bertz CT molecular complexity index is 1230. The van der Waals surface area contributed by atoms with E-state index in [0.717, 1.165) is 40.8 Å². The SMILES string of the molecule is O=C(NCC1CC(=O)N(c2ccc(N3CCCCC3=O)cc2)C1)c1cc2cnc(Cl)cc2s1. The molecule has 170 valence electrons. The number of halogens is 1. The second-order valence-corrected chi connectivity index (χ2v) is 9.93. The van der Waals surface area contributed by atoms with Gasteiger partial charge in [0.15, 0.2) is 0 Å². The van der Waals surface area contributed by atoms with Gasteiger partial charge < -0.3 is 15.1 Å². The van der Waals surface area contributed by atoms with Crippen molar-refractivity contribution in [1.29, 1.82) is 0 Å². The highest BCUT2D eigenvalue weighted by atomic mass is 35.5. The fourth-order valence-corrected chi connectivity index (χ4v) is 5.62. The van der Waals surface area contributed by atoms with Crippen molar-refractivity contribution in [3.63, 3.8) is 0 Å². The molecule has 0 radical (unpaired) electrons. The zero-order chi connectivity index (χ0) is 22.9. The lowest BCUT2D eigenvalue weighted by molar-refractivity contribution is -0.119. The van der Waals surface area contributed by atoms with Crippen molar-refractivity contribution in [2.75, 3.05) is 29.4 Å². The summed E-state index contributed by atoms with van der Waals surface area (Å²) in [4.78, 5) is 45.6. The number of piperidine rings is 1. The largest absolute Gasteiger partial charge is 0.351 e. The highest BCUT2D eigenvalue weighted by Gasteiger charge is 2.31. The maximum atomic E-state index is 12.6. The van der Waals surface area contributed by atoms with E-state index in [0.29, 0.717) is 36.0 Å². The monoisotopic (exact) mass is 482 g/mol. The number of amides is 3. The predicted molar refractivity (Wildman–Crippen MR) is 130 cm³/mol. The first-order valence-electron chi connectivity index (χ1n) is 11.0. The van der Waals surface area contributed by atoms with Gasteiger partial charge >= 0.3 is 0 Å². The quantitative estimate of drug-likeness (QED) is 0.551. The number of benzene rings is 1. The molecule has 0 aliphatic carbocycles. The standard InChI is InChI=1S/C24H23ClN4O3S/c25-21-11-19-16(13-26-21)10-20(33-19)24(32)27-12-15-9-23(31)29(14-15)18-6-4-17(5-7-18)28-8-2-1-3-22(28)30/h4-7,10-11,13,15H,1-3,8-9,12,14H2,(H,27,32). The third kappa shape index (κ3) is 4.58. The third-order valence-corrected chi connectivity index (χ3v) is 7.45. The second kappa shape index (κ2) is 9.11. The Hall–Kier alpha value is -2.97. The van der Waals surface area contributed by atoms with E-state index >= 15 is 0 Å². The van der Waals surface area contributed by atoms with Gasteiger partial charge in [-0.25, -0.2) is 4.98 Å². The first-order valence-corrected chi connectivity index (χ1v) is 12.2. The molecule has 33 heavy (non-hydrogen) atoms. The van der Waals surface area contributed by atoms with Gasteiger partial charge in [0.05, 0.1) is 4.88 Å². The average Bonchev–Trinajstić information content (AvgIpc) is 3.41. The number of hydrogen-bond acceptors (Lipinski definition) is 5. The van der Waals surface area contributed by atoms with Gasteiger partial charge in [0.2, 0.25) is 11.8 Å². The van der Waals surface area contributed by atoms with Gasteiger partial charge in [-0.05, 0) is 49.2 Å². The number of carbonyl (C=O) groups excluding carboxylic acids is 3. The first kappa shape index (κ1) is 21.9. The maximum absolute atomic E-state index is 12.6. The second-order valence-electron chi connectivity index (χ2n) is 8.46. The van der Waals surface area contributed by atoms with Crippen LogP contribution >= 0.6 is 22.9 Å². The minimum absolute atomic E-state index is 0.0373. The van der Waals surface area contributed by atoms with Gasteiger partial charge in [0, 0.05) is 66.1 Å². The third-order valence-electron chi connectivity index (χ3n) is 6.14. The zero-order valence-corrected chi connectivity index (χ0v) is 19.5. The van der Waals surface area contributed by atoms with E-state index in [-0.39, 0.29) is 23.6 Å². The summed E-state index contributed by atoms with van der Waals surface area (Å²) in [5, 5.41) is 4.24. The number of pyridine rings is 1. The summed E-state index contributed by atoms with van der Waals surface area (Å²) in [6.45, 7) is 1.72. The van der Waals surface area contributed by atoms with E-state index in [9.17, 15) is 14.4 Å². The molecule has 3 aromatic rings. The van der Waals surface area contributed by atoms with E-state index < -0.39 is 0 Å². The number of rotatable bonds is 5. The van der Waals surface area contributed by atoms with E-state index in [1.807, 2.05) is 29.2 Å². The van der Waals surface area contributed by atoms with Crippen molar-refractivity contribution in [3.8, 4) is 0 Å². The minimum atomic E-state index is -0.159. The topological polar surface area (TPSA) is 82.6 Å². The number of nitrogens with one attached hydrogen (secondary N) is 1. The van der Waals surface area contributed by atoms with Crippen molar-refractivity contribution < 1.29 is 14.4 Å². The Kier molecular flexibility index (Phi) is 6.03. The van der Waals surface area contributed by atoms with Crippen LogP contribution in [0.25, 0.3) is 10.1 Å². The van der Waals surface area contributed by atoms with E-state index in [1.165, 1.54) is 11.3 Å². The molecule has 0 saturated carbocycles. The molecule has 2 aromatic heterocycles. The van der Waals surface area contributed by atoms with Gasteiger partial charge in [0.1, 0.15) is 5.15 Å². The number of hydrogen-bond donors (Lipinski definition) is 1. The first-order chi connectivity index (χ1) is 16.0. The summed E-state index contributed by atoms with van der Waals surface area (Å²) in [5.74, 6) is 0.0720. The maximum Gasteiger partial charge on any atom is 0.261 e. The van der Waals surface area contributed by atoms with Crippen LogP contribution in [0.15, 0.2) is 42.6 Å². The number of carbonyl (C=O) groups is 3. The predicted octanol–water partition coefficient (Wildman–Crippen LogP) is 4.25. The molecule has 1 unspecified atom stereocenters. The van der Waals surface area contributed by atoms with Gasteiger partial charge in [-0.15, -0.1) is 11.3 Å². The highest BCUT2D eigenvalue weighted by molar-refractivity contribution is 7.20. The van der Waals surface area contributed by atoms with Gasteiger partial charge in [-0.1, -0.05) is 11.6 Å². The molecule has 4 heterocycles. The summed E-state index contributed by atoms with van der Waals surface area (Å²) < 4.78 is 0.914. The van der Waals surface area contributed by atoms with Crippen molar-refractivity contribution in [2.24, 2.45) is 5.92 Å². The molecular weight excluding hydrogens is 460 g/mol. The molecule has 0 bridgehead atoms. The summed E-state index contributed by atoms with van der Waals surface area (Å²) in [6, 6.07) is 11.2. The average molecular weight is 483 g/mol. The molecular formula is C24H23ClN4O3S.